The van der Waals surface area contributed by atoms with Crippen molar-refractivity contribution in [3.8, 4) is 5.69 Å². The van der Waals surface area contributed by atoms with Crippen molar-refractivity contribution in [2.75, 3.05) is 32.7 Å². The molecular weight excluding hydrogens is 490 g/mol. The van der Waals surface area contributed by atoms with E-state index in [-0.39, 0.29) is 17.4 Å². The van der Waals surface area contributed by atoms with Gasteiger partial charge in [0.15, 0.2) is 6.10 Å². The van der Waals surface area contributed by atoms with Crippen molar-refractivity contribution in [1.29, 1.82) is 0 Å². The molecular formula is C31H41N5O3. The third-order valence-corrected chi connectivity index (χ3v) is 7.92. The predicted molar refractivity (Wildman–Crippen MR) is 154 cm³/mol. The van der Waals surface area contributed by atoms with Gasteiger partial charge in [0.1, 0.15) is 0 Å². The molecule has 8 heteroatoms. The summed E-state index contributed by atoms with van der Waals surface area (Å²) in [6.45, 7) is 17.7. The molecule has 0 bridgehead atoms. The normalized spacial score (nSPS) is 20.4. The van der Waals surface area contributed by atoms with Gasteiger partial charge < -0.3 is 24.4 Å². The van der Waals surface area contributed by atoms with Crippen molar-refractivity contribution in [3.63, 3.8) is 0 Å². The second-order valence-corrected chi connectivity index (χ2v) is 12.3. The molecule has 4 heterocycles. The summed E-state index contributed by atoms with van der Waals surface area (Å²) in [7, 11) is 0. The Bertz CT molecular complexity index is 1380. The molecule has 5 rings (SSSR count). The van der Waals surface area contributed by atoms with E-state index in [0.29, 0.717) is 25.6 Å². The number of rotatable bonds is 4. The second kappa shape index (κ2) is 10.3. The van der Waals surface area contributed by atoms with E-state index in [9.17, 15) is 9.59 Å². The first-order valence-electron chi connectivity index (χ1n) is 14.0. The first kappa shape index (κ1) is 27.2. The number of likely N-dealkylation sites (tertiary alicyclic amines) is 1. The molecule has 3 aromatic rings. The number of carbonyl (C=O) groups excluding carboxylic acids is 2. The minimum Gasteiger partial charge on any atom is -0.435 e. The van der Waals surface area contributed by atoms with Crippen LogP contribution in [-0.4, -0.2) is 75.7 Å². The molecule has 0 saturated carbocycles. The largest absolute Gasteiger partial charge is 0.435 e. The van der Waals surface area contributed by atoms with E-state index in [1.807, 2.05) is 39.5 Å². The van der Waals surface area contributed by atoms with Gasteiger partial charge in [-0.25, -0.2) is 4.79 Å². The summed E-state index contributed by atoms with van der Waals surface area (Å²) >= 11 is 0. The van der Waals surface area contributed by atoms with Gasteiger partial charge in [0.2, 0.25) is 0 Å². The van der Waals surface area contributed by atoms with Crippen molar-refractivity contribution in [2.45, 2.75) is 71.9 Å². The van der Waals surface area contributed by atoms with Gasteiger partial charge in [0, 0.05) is 72.8 Å². The van der Waals surface area contributed by atoms with Crippen molar-refractivity contribution in [3.05, 3.63) is 59.0 Å². The van der Waals surface area contributed by atoms with Gasteiger partial charge in [-0.05, 0) is 75.9 Å². The summed E-state index contributed by atoms with van der Waals surface area (Å²) < 4.78 is 8.24. The quantitative estimate of drug-likeness (QED) is 0.518. The lowest BCUT2D eigenvalue weighted by atomic mass is 9.92. The molecule has 39 heavy (non-hydrogen) atoms. The van der Waals surface area contributed by atoms with Crippen LogP contribution in [0.3, 0.4) is 0 Å². The Balaban J connectivity index is 1.56. The van der Waals surface area contributed by atoms with E-state index in [2.05, 4.69) is 65.2 Å². The topological polar surface area (TPSA) is 79.7 Å². The Labute approximate surface area is 231 Å². The zero-order chi connectivity index (χ0) is 28.1. The van der Waals surface area contributed by atoms with Gasteiger partial charge in [0.05, 0.1) is 5.52 Å². The molecule has 2 unspecified atom stereocenters. The van der Waals surface area contributed by atoms with Gasteiger partial charge >= 0.3 is 6.09 Å². The monoisotopic (exact) mass is 531 g/mol. The molecule has 2 amide bonds. The van der Waals surface area contributed by atoms with E-state index >= 15 is 0 Å². The Morgan fingerprint density at radius 3 is 2.36 bits per heavy atom. The molecule has 1 N–H and O–H groups in total. The number of aryl methyl sites for hydroxylation is 2. The molecule has 2 atom stereocenters. The summed E-state index contributed by atoms with van der Waals surface area (Å²) in [4.78, 5) is 34.9. The van der Waals surface area contributed by atoms with Crippen LogP contribution in [0, 0.1) is 13.8 Å². The lowest BCUT2D eigenvalue weighted by Crippen LogP contribution is -2.49. The van der Waals surface area contributed by atoms with Crippen molar-refractivity contribution < 1.29 is 14.3 Å². The Morgan fingerprint density at radius 2 is 1.74 bits per heavy atom. The second-order valence-electron chi connectivity index (χ2n) is 12.3. The number of nitrogens with zero attached hydrogens (tertiary/aromatic N) is 4. The summed E-state index contributed by atoms with van der Waals surface area (Å²) in [5.74, 6) is -0.0621. The van der Waals surface area contributed by atoms with Gasteiger partial charge in [-0.1, -0.05) is 19.9 Å². The zero-order valence-corrected chi connectivity index (χ0v) is 24.2. The fraction of sp³-hybridized carbons (Fsp3) is 0.516. The van der Waals surface area contributed by atoms with Crippen LogP contribution in [0.5, 0.6) is 0 Å². The SMILES string of the molecule is Cc1cc(-n2cc(C(C)C)c3cc(C4CN(C(C)(C)C)C(=O)C4OC(=O)N4CCNCC4)ccc32)cc(C)n1. The first-order chi connectivity index (χ1) is 18.4. The number of aromatic nitrogens is 2. The first-order valence-corrected chi connectivity index (χ1v) is 14.0. The van der Waals surface area contributed by atoms with Crippen LogP contribution >= 0.6 is 0 Å². The minimum atomic E-state index is -0.848. The van der Waals surface area contributed by atoms with Gasteiger partial charge in [-0.15, -0.1) is 0 Å². The maximum atomic E-state index is 13.7. The molecule has 1 aromatic carbocycles. The van der Waals surface area contributed by atoms with Crippen molar-refractivity contribution >= 4 is 22.9 Å². The van der Waals surface area contributed by atoms with Crippen LogP contribution in [0.25, 0.3) is 16.6 Å². The summed E-state index contributed by atoms with van der Waals surface area (Å²) in [6, 6.07) is 10.7. The molecule has 2 fully saturated rings. The number of carbonyl (C=O) groups is 2. The van der Waals surface area contributed by atoms with Crippen LogP contribution in [0.1, 0.15) is 69.0 Å². The lowest BCUT2D eigenvalue weighted by molar-refractivity contribution is -0.139. The van der Waals surface area contributed by atoms with Gasteiger partial charge in [0.25, 0.3) is 5.91 Å². The van der Waals surface area contributed by atoms with E-state index in [1.165, 1.54) is 5.56 Å². The number of piperazine rings is 1. The molecule has 2 aliphatic heterocycles. The maximum absolute atomic E-state index is 13.7. The molecule has 0 radical (unpaired) electrons. The number of pyridine rings is 1. The Kier molecular flexibility index (Phi) is 7.18. The van der Waals surface area contributed by atoms with Crippen LogP contribution in [0.4, 0.5) is 4.79 Å². The highest BCUT2D eigenvalue weighted by Crippen LogP contribution is 2.38. The molecule has 2 aliphatic rings. The number of fused-ring (bicyclic) bond motifs is 1. The van der Waals surface area contributed by atoms with E-state index < -0.39 is 12.2 Å². The molecule has 0 aliphatic carbocycles. The maximum Gasteiger partial charge on any atom is 0.410 e. The van der Waals surface area contributed by atoms with Crippen LogP contribution in [0.2, 0.25) is 0 Å². The number of benzene rings is 1. The zero-order valence-electron chi connectivity index (χ0n) is 24.2. The molecule has 8 nitrogen and oxygen atoms in total. The van der Waals surface area contributed by atoms with Crippen molar-refractivity contribution in [1.82, 2.24) is 24.7 Å². The number of hydrogen-bond acceptors (Lipinski definition) is 5. The predicted octanol–water partition coefficient (Wildman–Crippen LogP) is 4.90. The Hall–Kier alpha value is -3.39. The van der Waals surface area contributed by atoms with E-state index in [1.54, 1.807) is 4.90 Å². The van der Waals surface area contributed by atoms with Gasteiger partial charge in [-0.3, -0.25) is 9.78 Å². The van der Waals surface area contributed by atoms with Crippen LogP contribution < -0.4 is 5.32 Å². The fourth-order valence-corrected chi connectivity index (χ4v) is 5.88. The molecule has 0 spiro atoms. The fourth-order valence-electron chi connectivity index (χ4n) is 5.88. The third-order valence-electron chi connectivity index (χ3n) is 7.92. The standard InChI is InChI=1S/C31H41N5O3/c1-19(2)25-17-35(23-14-20(3)33-21(4)15-23)27-9-8-22(16-24(25)27)26-18-36(31(5,6)7)29(37)28(26)39-30(38)34-12-10-32-11-13-34/h8-9,14-17,19,26,28,32H,10-13,18H2,1-7H3. The average Bonchev–Trinajstić information content (AvgIpc) is 3.42. The summed E-state index contributed by atoms with van der Waals surface area (Å²) in [5.41, 5.74) is 6.04. The molecule has 2 saturated heterocycles. The molecule has 2 aromatic heterocycles. The van der Waals surface area contributed by atoms with E-state index in [0.717, 1.165) is 46.6 Å². The average molecular weight is 532 g/mol. The number of amides is 2. The summed E-state index contributed by atoms with van der Waals surface area (Å²) in [5, 5.41) is 4.41. The number of hydrogen-bond donors (Lipinski definition) is 1. The highest BCUT2D eigenvalue weighted by Gasteiger charge is 2.48. The third kappa shape index (κ3) is 5.26. The lowest BCUT2D eigenvalue weighted by Gasteiger charge is -2.32. The minimum absolute atomic E-state index is 0.125. The highest BCUT2D eigenvalue weighted by molar-refractivity contribution is 5.90. The Morgan fingerprint density at radius 1 is 1.08 bits per heavy atom. The van der Waals surface area contributed by atoms with Crippen molar-refractivity contribution in [2.24, 2.45) is 0 Å². The molecule has 208 valence electrons. The smallest absolute Gasteiger partial charge is 0.410 e. The summed E-state index contributed by atoms with van der Waals surface area (Å²) in [6.07, 6.45) is 0.963. The number of ether oxygens (including phenoxy) is 1. The van der Waals surface area contributed by atoms with Crippen LogP contribution in [-0.2, 0) is 9.53 Å². The van der Waals surface area contributed by atoms with Crippen LogP contribution in [0.15, 0.2) is 36.5 Å². The number of nitrogens with one attached hydrogen (secondary N) is 1. The van der Waals surface area contributed by atoms with Gasteiger partial charge in [-0.2, -0.15) is 0 Å². The highest BCUT2D eigenvalue weighted by atomic mass is 16.6. The van der Waals surface area contributed by atoms with E-state index in [4.69, 9.17) is 4.74 Å².